The number of hydrogen-bond donors (Lipinski definition) is 0. The first kappa shape index (κ1) is 34.7. The second-order valence-electron chi connectivity index (χ2n) is 19.7. The molecule has 53 heavy (non-hydrogen) atoms. The predicted octanol–water partition coefficient (Wildman–Crippen LogP) is 12.0. The Bertz CT molecular complexity index is 2340. The third-order valence-corrected chi connectivity index (χ3v) is 14.4. The van der Waals surface area contributed by atoms with Gasteiger partial charge in [0.2, 0.25) is 0 Å². The molecule has 0 radical (unpaired) electrons. The smallest absolute Gasteiger partial charge is 0.264 e. The maximum atomic E-state index is 2.76. The molecule has 5 aromatic rings. The number of hydrogen-bond acceptors (Lipinski definition) is 3. The molecule has 4 heteroatoms. The van der Waals surface area contributed by atoms with Crippen molar-refractivity contribution in [3.8, 4) is 0 Å². The van der Waals surface area contributed by atoms with Crippen molar-refractivity contribution in [1.29, 1.82) is 0 Å². The summed E-state index contributed by atoms with van der Waals surface area (Å²) < 4.78 is 1.52. The van der Waals surface area contributed by atoms with Crippen molar-refractivity contribution in [2.45, 2.75) is 124 Å². The van der Waals surface area contributed by atoms with Crippen LogP contribution in [0.2, 0.25) is 0 Å². The van der Waals surface area contributed by atoms with Gasteiger partial charge in [0.25, 0.3) is 6.71 Å². The summed E-state index contributed by atoms with van der Waals surface area (Å²) in [7, 11) is 0. The average Bonchev–Trinajstić information content (AvgIpc) is 3.52. The number of fused-ring (bicyclic) bond motifs is 7. The highest BCUT2D eigenvalue weighted by molar-refractivity contribution is 7.29. The van der Waals surface area contributed by atoms with Crippen LogP contribution >= 0.6 is 11.3 Å². The van der Waals surface area contributed by atoms with E-state index in [-0.39, 0.29) is 28.4 Å². The summed E-state index contributed by atoms with van der Waals surface area (Å²) in [5.74, 6) is 0. The van der Waals surface area contributed by atoms with E-state index in [4.69, 9.17) is 0 Å². The van der Waals surface area contributed by atoms with Crippen molar-refractivity contribution in [3.63, 3.8) is 0 Å². The Morgan fingerprint density at radius 1 is 0.698 bits per heavy atom. The zero-order valence-corrected chi connectivity index (χ0v) is 34.6. The molecule has 0 saturated carbocycles. The van der Waals surface area contributed by atoms with Gasteiger partial charge in [0, 0.05) is 38.1 Å². The van der Waals surface area contributed by atoms with Gasteiger partial charge < -0.3 is 9.80 Å². The SMILES string of the molecule is Cc1cc2c3c(c1)N(c1cccc4c1CCC=C4)c1c(sc4c1C(C)(C)CCC4(C)C)B3c1cc(C(C)(C)C)ccc1N2c1ccc(C(C)(C)C)cc1. The molecule has 1 aromatic heterocycles. The van der Waals surface area contributed by atoms with Crippen LogP contribution < -0.4 is 25.5 Å². The molecule has 0 spiro atoms. The minimum absolute atomic E-state index is 0.0312. The minimum atomic E-state index is 0.0312. The van der Waals surface area contributed by atoms with Gasteiger partial charge in [-0.3, -0.25) is 0 Å². The van der Waals surface area contributed by atoms with E-state index in [0.29, 0.717) is 0 Å². The lowest BCUT2D eigenvalue weighted by molar-refractivity contribution is 0.339. The first-order chi connectivity index (χ1) is 25.0. The van der Waals surface area contributed by atoms with E-state index in [0.717, 1.165) is 12.8 Å². The molecule has 4 aromatic carbocycles. The lowest BCUT2D eigenvalue weighted by atomic mass is 9.35. The number of nitrogens with zero attached hydrogens (tertiary/aromatic N) is 2. The fourth-order valence-corrected chi connectivity index (χ4v) is 11.4. The van der Waals surface area contributed by atoms with Crippen LogP contribution in [-0.4, -0.2) is 6.71 Å². The lowest BCUT2D eigenvalue weighted by Crippen LogP contribution is -2.61. The van der Waals surface area contributed by atoms with Crippen LogP contribution in [0, 0.1) is 6.92 Å². The summed E-state index contributed by atoms with van der Waals surface area (Å²) in [6.07, 6.45) is 9.26. The summed E-state index contributed by atoms with van der Waals surface area (Å²) in [6, 6.07) is 28.8. The molecular formula is C49H55BN2S. The van der Waals surface area contributed by atoms with E-state index in [9.17, 15) is 0 Å². The van der Waals surface area contributed by atoms with Crippen LogP contribution in [0.4, 0.5) is 34.1 Å². The molecule has 4 aliphatic rings. The molecule has 0 unspecified atom stereocenters. The summed E-state index contributed by atoms with van der Waals surface area (Å²) in [5, 5.41) is 0. The fraction of sp³-hybridized carbons (Fsp3) is 0.388. The van der Waals surface area contributed by atoms with Crippen molar-refractivity contribution >= 4 is 74.0 Å². The molecule has 0 bridgehead atoms. The van der Waals surface area contributed by atoms with Crippen LogP contribution in [0.3, 0.4) is 0 Å². The topological polar surface area (TPSA) is 6.48 Å². The van der Waals surface area contributed by atoms with Crippen LogP contribution in [0.15, 0.2) is 78.9 Å². The standard InChI is InChI=1S/C49H55BN2S/c1-30-27-39-42-40(28-30)52(37-18-14-16-31-15-12-13-17-35(31)37)43-41-44(49(10,11)26-25-48(41,8)9)53-45(43)50(42)36-29-33(47(5,6)7)21-24-38(36)51(39)34-22-19-32(20-23-34)46(2,3)4/h12,14-16,18-24,27-29H,13,17,25-26H2,1-11H3. The van der Waals surface area contributed by atoms with Gasteiger partial charge in [0.15, 0.2) is 0 Å². The van der Waals surface area contributed by atoms with Gasteiger partial charge >= 0.3 is 0 Å². The quantitative estimate of drug-likeness (QED) is 0.165. The number of aryl methyl sites for hydroxylation is 1. The second-order valence-corrected chi connectivity index (χ2v) is 20.8. The third-order valence-electron chi connectivity index (χ3n) is 12.8. The van der Waals surface area contributed by atoms with Gasteiger partial charge in [-0.25, -0.2) is 0 Å². The van der Waals surface area contributed by atoms with Gasteiger partial charge in [-0.1, -0.05) is 118 Å². The molecule has 0 atom stereocenters. The van der Waals surface area contributed by atoms with E-state index < -0.39 is 0 Å². The maximum Gasteiger partial charge on any atom is 0.264 e. The van der Waals surface area contributed by atoms with Crippen LogP contribution in [-0.2, 0) is 28.1 Å². The van der Waals surface area contributed by atoms with Gasteiger partial charge in [0.05, 0.1) is 5.69 Å². The predicted molar refractivity (Wildman–Crippen MR) is 233 cm³/mol. The Labute approximate surface area is 323 Å². The van der Waals surface area contributed by atoms with Gasteiger partial charge in [-0.2, -0.15) is 11.3 Å². The first-order valence-electron chi connectivity index (χ1n) is 19.9. The summed E-state index contributed by atoms with van der Waals surface area (Å²) in [6.45, 7) is 26.5. The maximum absolute atomic E-state index is 2.76. The molecule has 3 heterocycles. The normalized spacial score (nSPS) is 17.9. The third kappa shape index (κ3) is 5.25. The molecule has 0 N–H and O–H groups in total. The zero-order chi connectivity index (χ0) is 37.4. The van der Waals surface area contributed by atoms with E-state index in [1.54, 1.807) is 10.4 Å². The largest absolute Gasteiger partial charge is 0.311 e. The molecular weight excluding hydrogens is 659 g/mol. The molecule has 2 aliphatic heterocycles. The zero-order valence-electron chi connectivity index (χ0n) is 33.8. The Morgan fingerprint density at radius 2 is 1.36 bits per heavy atom. The van der Waals surface area contributed by atoms with E-state index in [2.05, 4.69) is 182 Å². The van der Waals surface area contributed by atoms with Crippen LogP contribution in [0.1, 0.15) is 127 Å². The molecule has 270 valence electrons. The average molecular weight is 715 g/mol. The Morgan fingerprint density at radius 3 is 2.06 bits per heavy atom. The van der Waals surface area contributed by atoms with E-state index in [1.165, 1.54) is 90.5 Å². The first-order valence-corrected chi connectivity index (χ1v) is 20.7. The molecule has 0 amide bonds. The van der Waals surface area contributed by atoms with Crippen molar-refractivity contribution in [3.05, 3.63) is 117 Å². The van der Waals surface area contributed by atoms with Crippen molar-refractivity contribution in [2.24, 2.45) is 0 Å². The second kappa shape index (κ2) is 11.5. The number of rotatable bonds is 2. The summed E-state index contributed by atoms with van der Waals surface area (Å²) in [5.41, 5.74) is 19.7. The Balaban J connectivity index is 1.42. The van der Waals surface area contributed by atoms with Gasteiger partial charge in [0.1, 0.15) is 0 Å². The highest BCUT2D eigenvalue weighted by atomic mass is 32.1. The van der Waals surface area contributed by atoms with Gasteiger partial charge in [-0.05, 0) is 135 Å². The van der Waals surface area contributed by atoms with Crippen LogP contribution in [0.25, 0.3) is 6.08 Å². The van der Waals surface area contributed by atoms with Crippen molar-refractivity contribution in [2.75, 3.05) is 9.80 Å². The molecule has 9 rings (SSSR count). The molecule has 0 fully saturated rings. The number of anilines is 6. The number of allylic oxidation sites excluding steroid dienone is 1. The minimum Gasteiger partial charge on any atom is -0.311 e. The lowest BCUT2D eigenvalue weighted by Gasteiger charge is -2.46. The number of thiophene rings is 1. The summed E-state index contributed by atoms with van der Waals surface area (Å²) in [4.78, 5) is 6.94. The van der Waals surface area contributed by atoms with Crippen molar-refractivity contribution in [1.82, 2.24) is 0 Å². The van der Waals surface area contributed by atoms with Gasteiger partial charge in [-0.15, -0.1) is 0 Å². The van der Waals surface area contributed by atoms with Crippen molar-refractivity contribution < 1.29 is 0 Å². The number of benzene rings is 4. The molecule has 0 saturated heterocycles. The van der Waals surface area contributed by atoms with E-state index >= 15 is 0 Å². The van der Waals surface area contributed by atoms with E-state index in [1.807, 2.05) is 0 Å². The Kier molecular flexibility index (Phi) is 7.54. The Hall–Kier alpha value is -4.02. The molecule has 2 aliphatic carbocycles. The van der Waals surface area contributed by atoms with Crippen LogP contribution in [0.5, 0.6) is 0 Å². The summed E-state index contributed by atoms with van der Waals surface area (Å²) >= 11 is 2.13. The monoisotopic (exact) mass is 714 g/mol. The highest BCUT2D eigenvalue weighted by Gasteiger charge is 2.51. The molecule has 2 nitrogen and oxygen atoms in total. The fourth-order valence-electron chi connectivity index (χ4n) is 9.69. The highest BCUT2D eigenvalue weighted by Crippen LogP contribution is 2.57.